The molecule has 3 heteroatoms. The third kappa shape index (κ3) is 2.05. The number of aromatic nitrogens is 1. The summed E-state index contributed by atoms with van der Waals surface area (Å²) in [7, 11) is 6.27. The topological polar surface area (TPSA) is 19.4 Å². The number of anilines is 1. The largest absolute Gasteiger partial charge is 0.363 e. The van der Waals surface area contributed by atoms with Gasteiger partial charge in [-0.2, -0.15) is 0 Å². The molecule has 0 radical (unpaired) electrons. The van der Waals surface area contributed by atoms with Crippen LogP contribution in [-0.2, 0) is 0 Å². The Morgan fingerprint density at radius 2 is 2.19 bits per heavy atom. The van der Waals surface area contributed by atoms with Gasteiger partial charge >= 0.3 is 0 Å². The van der Waals surface area contributed by atoms with Gasteiger partial charge in [0.15, 0.2) is 0 Å². The summed E-state index contributed by atoms with van der Waals surface area (Å²) in [4.78, 5) is 9.00. The van der Waals surface area contributed by atoms with Crippen molar-refractivity contribution < 1.29 is 0 Å². The maximum Gasteiger partial charge on any atom is 0.128 e. The summed E-state index contributed by atoms with van der Waals surface area (Å²) in [6, 6.07) is 2.75. The van der Waals surface area contributed by atoms with E-state index in [4.69, 9.17) is 0 Å². The highest BCUT2D eigenvalue weighted by Crippen LogP contribution is 2.32. The van der Waals surface area contributed by atoms with Crippen LogP contribution in [0.25, 0.3) is 0 Å². The van der Waals surface area contributed by atoms with E-state index in [1.165, 1.54) is 30.5 Å². The van der Waals surface area contributed by atoms with E-state index in [0.717, 1.165) is 5.82 Å². The van der Waals surface area contributed by atoms with Crippen molar-refractivity contribution in [2.24, 2.45) is 0 Å². The van der Waals surface area contributed by atoms with Crippen molar-refractivity contribution in [2.75, 3.05) is 32.6 Å². The average Bonchev–Trinajstić information content (AvgIpc) is 2.64. The zero-order valence-corrected chi connectivity index (χ0v) is 10.7. The molecule has 1 fully saturated rings. The molecule has 1 atom stereocenters. The first-order valence-electron chi connectivity index (χ1n) is 5.93. The van der Waals surface area contributed by atoms with Gasteiger partial charge in [0.1, 0.15) is 5.82 Å². The van der Waals surface area contributed by atoms with Gasteiger partial charge in [0.2, 0.25) is 0 Å². The van der Waals surface area contributed by atoms with Crippen molar-refractivity contribution in [3.63, 3.8) is 0 Å². The normalized spacial score (nSPS) is 21.4. The van der Waals surface area contributed by atoms with Gasteiger partial charge in [-0.05, 0) is 50.6 Å². The van der Waals surface area contributed by atoms with Crippen LogP contribution in [0.1, 0.15) is 30.0 Å². The van der Waals surface area contributed by atoms with Crippen LogP contribution >= 0.6 is 0 Å². The second-order valence-electron chi connectivity index (χ2n) is 4.93. The van der Waals surface area contributed by atoms with Crippen LogP contribution in [0.2, 0.25) is 0 Å². The summed E-state index contributed by atoms with van der Waals surface area (Å²) in [5.41, 5.74) is 2.75. The molecule has 1 aromatic heterocycles. The van der Waals surface area contributed by atoms with Gasteiger partial charge in [0.25, 0.3) is 0 Å². The standard InChI is InChI=1S/C13H21N3/c1-10-8-13(15(2)3)14-9-11(10)12-6-5-7-16(12)4/h8-9,12H,5-7H2,1-4H3/t12-/m1/s1. The molecule has 0 aromatic carbocycles. The van der Waals surface area contributed by atoms with Crippen LogP contribution in [0.5, 0.6) is 0 Å². The monoisotopic (exact) mass is 219 g/mol. The minimum Gasteiger partial charge on any atom is -0.363 e. The first-order chi connectivity index (χ1) is 7.59. The summed E-state index contributed by atoms with van der Waals surface area (Å²) >= 11 is 0. The highest BCUT2D eigenvalue weighted by Gasteiger charge is 2.24. The van der Waals surface area contributed by atoms with Gasteiger partial charge in [-0.1, -0.05) is 0 Å². The summed E-state index contributed by atoms with van der Waals surface area (Å²) in [5, 5.41) is 0. The van der Waals surface area contributed by atoms with Crippen molar-refractivity contribution in [3.8, 4) is 0 Å². The zero-order valence-electron chi connectivity index (χ0n) is 10.7. The smallest absolute Gasteiger partial charge is 0.128 e. The maximum atomic E-state index is 4.52. The van der Waals surface area contributed by atoms with Gasteiger partial charge in [-0.3, -0.25) is 4.90 Å². The van der Waals surface area contributed by atoms with Crippen molar-refractivity contribution in [1.82, 2.24) is 9.88 Å². The molecule has 2 rings (SSSR count). The number of rotatable bonds is 2. The molecule has 0 amide bonds. The Labute approximate surface area is 98.1 Å². The average molecular weight is 219 g/mol. The third-order valence-electron chi connectivity index (χ3n) is 3.47. The van der Waals surface area contributed by atoms with E-state index in [2.05, 4.69) is 41.0 Å². The second kappa shape index (κ2) is 4.42. The quantitative estimate of drug-likeness (QED) is 0.760. The highest BCUT2D eigenvalue weighted by molar-refractivity contribution is 5.42. The van der Waals surface area contributed by atoms with Crippen LogP contribution in [0.15, 0.2) is 12.3 Å². The zero-order chi connectivity index (χ0) is 11.7. The van der Waals surface area contributed by atoms with E-state index >= 15 is 0 Å². The van der Waals surface area contributed by atoms with Crippen molar-refractivity contribution in [3.05, 3.63) is 23.4 Å². The van der Waals surface area contributed by atoms with Crippen LogP contribution < -0.4 is 4.90 Å². The minimum absolute atomic E-state index is 0.573. The van der Waals surface area contributed by atoms with E-state index in [-0.39, 0.29) is 0 Å². The van der Waals surface area contributed by atoms with Gasteiger partial charge in [0.05, 0.1) is 0 Å². The molecule has 0 saturated carbocycles. The first-order valence-corrected chi connectivity index (χ1v) is 5.93. The molecule has 1 aliphatic rings. The van der Waals surface area contributed by atoms with Crippen molar-refractivity contribution in [1.29, 1.82) is 0 Å². The number of nitrogens with zero attached hydrogens (tertiary/aromatic N) is 3. The lowest BCUT2D eigenvalue weighted by Crippen LogP contribution is -2.19. The van der Waals surface area contributed by atoms with Crippen LogP contribution in [0, 0.1) is 6.92 Å². The summed E-state index contributed by atoms with van der Waals surface area (Å²) < 4.78 is 0. The Bertz CT molecular complexity index is 373. The maximum absolute atomic E-state index is 4.52. The lowest BCUT2D eigenvalue weighted by Gasteiger charge is -2.22. The SMILES string of the molecule is Cc1cc(N(C)C)ncc1[C@H]1CCCN1C. The molecule has 88 valence electrons. The Balaban J connectivity index is 2.28. The molecule has 0 bridgehead atoms. The molecular formula is C13H21N3. The molecule has 1 aromatic rings. The molecule has 1 aliphatic heterocycles. The van der Waals surface area contributed by atoms with Crippen LogP contribution in [-0.4, -0.2) is 37.6 Å². The lowest BCUT2D eigenvalue weighted by atomic mass is 10.0. The number of aryl methyl sites for hydroxylation is 1. The second-order valence-corrected chi connectivity index (χ2v) is 4.93. The number of likely N-dealkylation sites (tertiary alicyclic amines) is 1. The Morgan fingerprint density at radius 1 is 1.44 bits per heavy atom. The predicted octanol–water partition coefficient (Wildman–Crippen LogP) is 2.22. The van der Waals surface area contributed by atoms with Crippen molar-refractivity contribution >= 4 is 5.82 Å². The molecule has 3 nitrogen and oxygen atoms in total. The minimum atomic E-state index is 0.573. The van der Waals surface area contributed by atoms with Gasteiger partial charge in [0, 0.05) is 26.3 Å². The fourth-order valence-corrected chi connectivity index (χ4v) is 2.45. The van der Waals surface area contributed by atoms with E-state index < -0.39 is 0 Å². The number of pyridine rings is 1. The van der Waals surface area contributed by atoms with E-state index in [0.29, 0.717) is 6.04 Å². The van der Waals surface area contributed by atoms with Gasteiger partial charge < -0.3 is 4.90 Å². The van der Waals surface area contributed by atoms with Crippen LogP contribution in [0.4, 0.5) is 5.82 Å². The fraction of sp³-hybridized carbons (Fsp3) is 0.615. The molecule has 2 heterocycles. The lowest BCUT2D eigenvalue weighted by molar-refractivity contribution is 0.316. The number of hydrogen-bond donors (Lipinski definition) is 0. The summed E-state index contributed by atoms with van der Waals surface area (Å²) in [5.74, 6) is 1.04. The molecule has 0 aliphatic carbocycles. The Hall–Kier alpha value is -1.09. The van der Waals surface area contributed by atoms with Crippen molar-refractivity contribution in [2.45, 2.75) is 25.8 Å². The first kappa shape index (κ1) is 11.4. The number of hydrogen-bond acceptors (Lipinski definition) is 3. The molecule has 1 saturated heterocycles. The molecule has 0 spiro atoms. The Kier molecular flexibility index (Phi) is 3.15. The fourth-order valence-electron chi connectivity index (χ4n) is 2.45. The molecule has 0 N–H and O–H groups in total. The third-order valence-corrected chi connectivity index (χ3v) is 3.47. The van der Waals surface area contributed by atoms with E-state index in [9.17, 15) is 0 Å². The summed E-state index contributed by atoms with van der Waals surface area (Å²) in [6.45, 7) is 3.40. The van der Waals surface area contributed by atoms with E-state index in [1.807, 2.05) is 14.1 Å². The van der Waals surface area contributed by atoms with Gasteiger partial charge in [-0.15, -0.1) is 0 Å². The predicted molar refractivity (Wildman–Crippen MR) is 67.9 cm³/mol. The molecular weight excluding hydrogens is 198 g/mol. The summed E-state index contributed by atoms with van der Waals surface area (Å²) in [6.07, 6.45) is 4.62. The highest BCUT2D eigenvalue weighted by atomic mass is 15.2. The Morgan fingerprint density at radius 3 is 2.69 bits per heavy atom. The van der Waals surface area contributed by atoms with E-state index in [1.54, 1.807) is 0 Å². The molecule has 0 unspecified atom stereocenters. The van der Waals surface area contributed by atoms with Gasteiger partial charge in [-0.25, -0.2) is 4.98 Å². The molecule has 16 heavy (non-hydrogen) atoms. The van der Waals surface area contributed by atoms with Crippen LogP contribution in [0.3, 0.4) is 0 Å².